The Balaban J connectivity index is 2.26. The lowest BCUT2D eigenvalue weighted by Gasteiger charge is -2.11. The molecule has 0 saturated heterocycles. The van der Waals surface area contributed by atoms with E-state index < -0.39 is 0 Å². The Morgan fingerprint density at radius 1 is 1.14 bits per heavy atom. The summed E-state index contributed by atoms with van der Waals surface area (Å²) in [7, 11) is 0. The third kappa shape index (κ3) is 2.24. The van der Waals surface area contributed by atoms with Crippen molar-refractivity contribution < 1.29 is 14.8 Å². The summed E-state index contributed by atoms with van der Waals surface area (Å²) < 4.78 is 7.15. The molecule has 0 aliphatic carbocycles. The molecular weight excluding hydrogens is 282 g/mol. The average Bonchev–Trinajstić information content (AvgIpc) is 3.04. The van der Waals surface area contributed by atoms with Gasteiger partial charge in [0.25, 0.3) is 0 Å². The highest BCUT2D eigenvalue weighted by atomic mass is 16.5. The molecule has 2 aromatic heterocycles. The predicted molar refractivity (Wildman–Crippen MR) is 81.8 cm³/mol. The molecule has 6 heteroatoms. The van der Waals surface area contributed by atoms with Crippen LogP contribution in [0.15, 0.2) is 46.1 Å². The minimum absolute atomic E-state index is 0.205. The molecule has 0 aliphatic heterocycles. The second-order valence-electron chi connectivity index (χ2n) is 4.94. The molecule has 0 unspecified atom stereocenters. The molecule has 0 radical (unpaired) electrons. The summed E-state index contributed by atoms with van der Waals surface area (Å²) in [5.74, 6) is 0.873. The van der Waals surface area contributed by atoms with Gasteiger partial charge in [0, 0.05) is 0 Å². The van der Waals surface area contributed by atoms with Crippen LogP contribution in [-0.4, -0.2) is 26.3 Å². The lowest BCUT2D eigenvalue weighted by Crippen LogP contribution is -2.03. The first-order valence-electron chi connectivity index (χ1n) is 6.73. The average molecular weight is 297 g/mol. The van der Waals surface area contributed by atoms with Crippen molar-refractivity contribution in [3.8, 4) is 22.7 Å². The number of hydrogen-bond donors (Lipinski definition) is 2. The molecule has 112 valence electrons. The number of aryl methyl sites for hydroxylation is 2. The van der Waals surface area contributed by atoms with Crippen molar-refractivity contribution in [3.05, 3.63) is 53.5 Å². The molecule has 0 atom stereocenters. The van der Waals surface area contributed by atoms with Crippen LogP contribution in [0.25, 0.3) is 16.9 Å². The first-order valence-corrected chi connectivity index (χ1v) is 6.73. The lowest BCUT2D eigenvalue weighted by atomic mass is 10.1. The van der Waals surface area contributed by atoms with Crippen molar-refractivity contribution in [3.63, 3.8) is 0 Å². The number of aromatic hydroxyl groups is 1. The predicted octanol–water partition coefficient (Wildman–Crippen LogP) is 3.26. The quantitative estimate of drug-likeness (QED) is 0.441. The van der Waals surface area contributed by atoms with Gasteiger partial charge in [0.15, 0.2) is 5.76 Å². The van der Waals surface area contributed by atoms with Crippen LogP contribution in [-0.2, 0) is 0 Å². The van der Waals surface area contributed by atoms with Crippen molar-refractivity contribution in [2.75, 3.05) is 0 Å². The van der Waals surface area contributed by atoms with Crippen molar-refractivity contribution in [2.45, 2.75) is 13.8 Å². The summed E-state index contributed by atoms with van der Waals surface area (Å²) in [5.41, 5.74) is 4.03. The maximum absolute atomic E-state index is 9.45. The molecule has 0 spiro atoms. The third-order valence-corrected chi connectivity index (χ3v) is 3.48. The summed E-state index contributed by atoms with van der Waals surface area (Å²) >= 11 is 0. The minimum atomic E-state index is 0.205. The van der Waals surface area contributed by atoms with Crippen LogP contribution < -0.4 is 0 Å². The standard InChI is InChI=1S/C16H15N3O3/c1-10-16(11(2)22-18-10)19-13(9-17-21)5-8-15(19)12-3-6-14(20)7-4-12/h3-9,20-21H,1-2H3/b17-9+. The Labute approximate surface area is 126 Å². The highest BCUT2D eigenvalue weighted by molar-refractivity contribution is 5.82. The zero-order chi connectivity index (χ0) is 15.7. The van der Waals surface area contributed by atoms with Crippen molar-refractivity contribution in [1.29, 1.82) is 0 Å². The van der Waals surface area contributed by atoms with Crippen molar-refractivity contribution in [2.24, 2.45) is 5.16 Å². The number of benzene rings is 1. The molecule has 3 rings (SSSR count). The smallest absolute Gasteiger partial charge is 0.157 e. The maximum atomic E-state index is 9.45. The van der Waals surface area contributed by atoms with E-state index in [0.717, 1.165) is 22.6 Å². The molecule has 3 aromatic rings. The van der Waals surface area contributed by atoms with Crippen LogP contribution in [0, 0.1) is 13.8 Å². The Morgan fingerprint density at radius 3 is 2.45 bits per heavy atom. The minimum Gasteiger partial charge on any atom is -0.508 e. The molecule has 0 fully saturated rings. The van der Waals surface area contributed by atoms with Gasteiger partial charge >= 0.3 is 0 Å². The summed E-state index contributed by atoms with van der Waals surface area (Å²) in [6, 6.07) is 10.6. The van der Waals surface area contributed by atoms with Crippen LogP contribution in [0.2, 0.25) is 0 Å². The van der Waals surface area contributed by atoms with E-state index in [1.807, 2.05) is 42.7 Å². The van der Waals surface area contributed by atoms with Gasteiger partial charge in [-0.3, -0.25) is 0 Å². The topological polar surface area (TPSA) is 83.8 Å². The number of aromatic nitrogens is 2. The number of phenols is 1. The number of nitrogens with zero attached hydrogens (tertiary/aromatic N) is 3. The van der Waals surface area contributed by atoms with Gasteiger partial charge in [-0.1, -0.05) is 10.3 Å². The van der Waals surface area contributed by atoms with Crippen LogP contribution in [0.5, 0.6) is 5.75 Å². The Morgan fingerprint density at radius 2 is 1.86 bits per heavy atom. The van der Waals surface area contributed by atoms with E-state index in [1.54, 1.807) is 12.1 Å². The second kappa shape index (κ2) is 5.40. The second-order valence-corrected chi connectivity index (χ2v) is 4.94. The summed E-state index contributed by atoms with van der Waals surface area (Å²) in [5, 5.41) is 25.4. The summed E-state index contributed by atoms with van der Waals surface area (Å²) in [6.07, 6.45) is 1.36. The molecule has 2 heterocycles. The van der Waals surface area contributed by atoms with Crippen LogP contribution in [0.3, 0.4) is 0 Å². The third-order valence-electron chi connectivity index (χ3n) is 3.48. The van der Waals surface area contributed by atoms with Gasteiger partial charge in [-0.15, -0.1) is 0 Å². The number of oxime groups is 1. The van der Waals surface area contributed by atoms with E-state index in [4.69, 9.17) is 9.73 Å². The van der Waals surface area contributed by atoms with E-state index in [1.165, 1.54) is 6.21 Å². The van der Waals surface area contributed by atoms with Crippen molar-refractivity contribution in [1.82, 2.24) is 9.72 Å². The summed E-state index contributed by atoms with van der Waals surface area (Å²) in [6.45, 7) is 3.68. The van der Waals surface area contributed by atoms with E-state index >= 15 is 0 Å². The molecule has 6 nitrogen and oxygen atoms in total. The van der Waals surface area contributed by atoms with E-state index in [-0.39, 0.29) is 5.75 Å². The Bertz CT molecular complexity index is 809. The van der Waals surface area contributed by atoms with Crippen molar-refractivity contribution >= 4 is 6.21 Å². The van der Waals surface area contributed by atoms with E-state index in [0.29, 0.717) is 11.5 Å². The monoisotopic (exact) mass is 297 g/mol. The molecule has 22 heavy (non-hydrogen) atoms. The van der Waals surface area contributed by atoms with Gasteiger partial charge in [0.1, 0.15) is 17.1 Å². The van der Waals surface area contributed by atoms with E-state index in [2.05, 4.69) is 10.3 Å². The molecule has 0 bridgehead atoms. The number of phenolic OH excluding ortho intramolecular Hbond substituents is 1. The maximum Gasteiger partial charge on any atom is 0.157 e. The van der Waals surface area contributed by atoms with Gasteiger partial charge in [0.05, 0.1) is 17.6 Å². The SMILES string of the molecule is Cc1noc(C)c1-n1c(/C=N/O)ccc1-c1ccc(O)cc1. The lowest BCUT2D eigenvalue weighted by molar-refractivity contribution is 0.321. The molecule has 0 amide bonds. The highest BCUT2D eigenvalue weighted by Gasteiger charge is 2.18. The van der Waals surface area contributed by atoms with Gasteiger partial charge in [-0.25, -0.2) is 0 Å². The fraction of sp³-hybridized carbons (Fsp3) is 0.125. The Hall–Kier alpha value is -3.02. The molecule has 1 aromatic carbocycles. The van der Waals surface area contributed by atoms with Gasteiger partial charge in [-0.2, -0.15) is 0 Å². The van der Waals surface area contributed by atoms with Crippen LogP contribution in [0.4, 0.5) is 0 Å². The van der Waals surface area contributed by atoms with Gasteiger partial charge in [0.2, 0.25) is 0 Å². The molecule has 0 aliphatic rings. The largest absolute Gasteiger partial charge is 0.508 e. The van der Waals surface area contributed by atoms with Crippen LogP contribution in [0.1, 0.15) is 17.1 Å². The molecule has 2 N–H and O–H groups in total. The van der Waals surface area contributed by atoms with E-state index in [9.17, 15) is 5.11 Å². The first kappa shape index (κ1) is 13.9. The number of hydrogen-bond acceptors (Lipinski definition) is 5. The zero-order valence-corrected chi connectivity index (χ0v) is 12.2. The summed E-state index contributed by atoms with van der Waals surface area (Å²) in [4.78, 5) is 0. The van der Waals surface area contributed by atoms with Gasteiger partial charge in [-0.05, 0) is 55.8 Å². The number of rotatable bonds is 3. The molecule has 0 saturated carbocycles. The highest BCUT2D eigenvalue weighted by Crippen LogP contribution is 2.30. The fourth-order valence-electron chi connectivity index (χ4n) is 2.52. The zero-order valence-electron chi connectivity index (χ0n) is 12.2. The van der Waals surface area contributed by atoms with Gasteiger partial charge < -0.3 is 19.4 Å². The normalized spacial score (nSPS) is 11.4. The molecular formula is C16H15N3O3. The first-order chi connectivity index (χ1) is 10.6. The fourth-order valence-corrected chi connectivity index (χ4v) is 2.52. The van der Waals surface area contributed by atoms with Crippen LogP contribution >= 0.6 is 0 Å². The Kier molecular flexibility index (Phi) is 3.42.